The normalized spacial score (nSPS) is 21.1. The van der Waals surface area contributed by atoms with Gasteiger partial charge in [-0.15, -0.1) is 11.3 Å². The van der Waals surface area contributed by atoms with Crippen LogP contribution < -0.4 is 10.1 Å². The number of amides is 1. The number of likely N-dealkylation sites (tertiary alicyclic amines) is 1. The van der Waals surface area contributed by atoms with E-state index in [-0.39, 0.29) is 17.6 Å². The van der Waals surface area contributed by atoms with E-state index in [0.29, 0.717) is 12.2 Å². The van der Waals surface area contributed by atoms with E-state index in [4.69, 9.17) is 9.47 Å². The molecule has 162 valence electrons. The molecular formula is C23H31N3O3S. The maximum atomic E-state index is 12.2. The van der Waals surface area contributed by atoms with Gasteiger partial charge in [0.2, 0.25) is 0 Å². The Kier molecular flexibility index (Phi) is 6.41. The molecule has 2 saturated heterocycles. The average molecular weight is 430 g/mol. The molecule has 30 heavy (non-hydrogen) atoms. The SMILES string of the molecule is COc1ccc(CN2CCC3(CCC(CNC(=O)c4csc(C)n4)O3)CC2)cc1C. The van der Waals surface area contributed by atoms with Gasteiger partial charge in [0.05, 0.1) is 23.8 Å². The van der Waals surface area contributed by atoms with Crippen molar-refractivity contribution in [1.82, 2.24) is 15.2 Å². The van der Waals surface area contributed by atoms with Crippen molar-refractivity contribution in [2.24, 2.45) is 0 Å². The fraction of sp³-hybridized carbons (Fsp3) is 0.565. The maximum absolute atomic E-state index is 12.2. The lowest BCUT2D eigenvalue weighted by Gasteiger charge is -2.39. The first-order chi connectivity index (χ1) is 14.5. The van der Waals surface area contributed by atoms with Crippen LogP contribution in [0.5, 0.6) is 5.75 Å². The average Bonchev–Trinajstić information content (AvgIpc) is 3.35. The molecule has 0 radical (unpaired) electrons. The van der Waals surface area contributed by atoms with E-state index in [1.165, 1.54) is 22.5 Å². The molecule has 1 aromatic heterocycles. The number of ether oxygens (including phenoxy) is 2. The Balaban J connectivity index is 1.23. The van der Waals surface area contributed by atoms with Crippen LogP contribution in [0.15, 0.2) is 23.6 Å². The number of rotatable bonds is 6. The van der Waals surface area contributed by atoms with Crippen LogP contribution in [0, 0.1) is 13.8 Å². The summed E-state index contributed by atoms with van der Waals surface area (Å²) in [4.78, 5) is 19.0. The van der Waals surface area contributed by atoms with Crippen LogP contribution in [-0.4, -0.2) is 54.2 Å². The van der Waals surface area contributed by atoms with Crippen molar-refractivity contribution in [2.45, 2.75) is 57.8 Å². The standard InChI is InChI=1S/C23H31N3O3S/c1-16-12-18(4-5-21(16)28-3)14-26-10-8-23(9-11-26)7-6-19(29-23)13-24-22(27)20-15-30-17(2)25-20/h4-5,12,15,19H,6-11,13-14H2,1-3H3,(H,24,27). The van der Waals surface area contributed by atoms with Gasteiger partial charge in [0.1, 0.15) is 11.4 Å². The third-order valence-electron chi connectivity index (χ3n) is 6.31. The number of piperidine rings is 1. The van der Waals surface area contributed by atoms with Crippen molar-refractivity contribution in [3.63, 3.8) is 0 Å². The minimum atomic E-state index is -0.103. The highest BCUT2D eigenvalue weighted by Gasteiger charge is 2.42. The molecule has 2 aliphatic rings. The van der Waals surface area contributed by atoms with Gasteiger partial charge < -0.3 is 14.8 Å². The number of hydrogen-bond donors (Lipinski definition) is 1. The summed E-state index contributed by atoms with van der Waals surface area (Å²) in [6, 6.07) is 6.44. The number of methoxy groups -OCH3 is 1. The highest BCUT2D eigenvalue weighted by molar-refractivity contribution is 7.09. The second-order valence-electron chi connectivity index (χ2n) is 8.50. The zero-order valence-electron chi connectivity index (χ0n) is 18.1. The number of aromatic nitrogens is 1. The van der Waals surface area contributed by atoms with Crippen molar-refractivity contribution < 1.29 is 14.3 Å². The fourth-order valence-electron chi connectivity index (χ4n) is 4.59. The summed E-state index contributed by atoms with van der Waals surface area (Å²) in [5.41, 5.74) is 3.00. The Labute approximate surface area is 182 Å². The summed E-state index contributed by atoms with van der Waals surface area (Å²) in [5.74, 6) is 0.840. The lowest BCUT2D eigenvalue weighted by molar-refractivity contribution is -0.0764. The molecule has 0 aliphatic carbocycles. The zero-order chi connectivity index (χ0) is 21.1. The molecule has 2 aromatic rings. The van der Waals surface area contributed by atoms with E-state index in [1.54, 1.807) is 7.11 Å². The molecule has 1 atom stereocenters. The van der Waals surface area contributed by atoms with Crippen molar-refractivity contribution in [3.8, 4) is 5.75 Å². The predicted molar refractivity (Wildman–Crippen MR) is 118 cm³/mol. The van der Waals surface area contributed by atoms with E-state index in [1.807, 2.05) is 12.3 Å². The molecular weight excluding hydrogens is 398 g/mol. The second-order valence-corrected chi connectivity index (χ2v) is 9.57. The molecule has 7 heteroatoms. The molecule has 6 nitrogen and oxygen atoms in total. The van der Waals surface area contributed by atoms with Gasteiger partial charge in [0.15, 0.2) is 0 Å². The molecule has 3 heterocycles. The van der Waals surface area contributed by atoms with Gasteiger partial charge in [-0.2, -0.15) is 0 Å². The molecule has 1 N–H and O–H groups in total. The van der Waals surface area contributed by atoms with Crippen molar-refractivity contribution in [2.75, 3.05) is 26.7 Å². The van der Waals surface area contributed by atoms with E-state index < -0.39 is 0 Å². The van der Waals surface area contributed by atoms with E-state index in [0.717, 1.165) is 56.1 Å². The quantitative estimate of drug-likeness (QED) is 0.758. The third-order valence-corrected chi connectivity index (χ3v) is 7.09. The Morgan fingerprint density at radius 2 is 2.13 bits per heavy atom. The minimum Gasteiger partial charge on any atom is -0.496 e. The van der Waals surface area contributed by atoms with Crippen LogP contribution in [-0.2, 0) is 11.3 Å². The number of hydrogen-bond acceptors (Lipinski definition) is 6. The van der Waals surface area contributed by atoms with Crippen LogP contribution >= 0.6 is 11.3 Å². The molecule has 1 aromatic carbocycles. The first-order valence-corrected chi connectivity index (χ1v) is 11.6. The number of benzene rings is 1. The van der Waals surface area contributed by atoms with Crippen molar-refractivity contribution in [1.29, 1.82) is 0 Å². The van der Waals surface area contributed by atoms with Crippen LogP contribution in [0.25, 0.3) is 0 Å². The first-order valence-electron chi connectivity index (χ1n) is 10.7. The Morgan fingerprint density at radius 1 is 1.33 bits per heavy atom. The van der Waals surface area contributed by atoms with Gasteiger partial charge in [0.25, 0.3) is 5.91 Å². The van der Waals surface area contributed by atoms with E-state index >= 15 is 0 Å². The van der Waals surface area contributed by atoms with E-state index in [9.17, 15) is 4.79 Å². The maximum Gasteiger partial charge on any atom is 0.270 e. The lowest BCUT2D eigenvalue weighted by Crippen LogP contribution is -2.44. The molecule has 0 saturated carbocycles. The van der Waals surface area contributed by atoms with Gasteiger partial charge in [-0.25, -0.2) is 4.98 Å². The van der Waals surface area contributed by atoms with Crippen molar-refractivity contribution >= 4 is 17.2 Å². The van der Waals surface area contributed by atoms with Crippen LogP contribution in [0.1, 0.15) is 52.3 Å². The summed E-state index contributed by atoms with van der Waals surface area (Å²) in [5, 5.41) is 5.71. The number of nitrogens with one attached hydrogen (secondary N) is 1. The smallest absolute Gasteiger partial charge is 0.270 e. The van der Waals surface area contributed by atoms with Gasteiger partial charge >= 0.3 is 0 Å². The number of nitrogens with zero attached hydrogens (tertiary/aromatic N) is 2. The van der Waals surface area contributed by atoms with Gasteiger partial charge in [-0.05, 0) is 56.7 Å². The summed E-state index contributed by atoms with van der Waals surface area (Å²) < 4.78 is 11.8. The van der Waals surface area contributed by atoms with E-state index in [2.05, 4.69) is 40.3 Å². The summed E-state index contributed by atoms with van der Waals surface area (Å²) in [7, 11) is 1.71. The molecule has 1 unspecified atom stereocenters. The number of aryl methyl sites for hydroxylation is 2. The molecule has 1 amide bonds. The monoisotopic (exact) mass is 429 g/mol. The highest BCUT2D eigenvalue weighted by Crippen LogP contribution is 2.39. The summed E-state index contributed by atoms with van der Waals surface area (Å²) >= 11 is 1.50. The zero-order valence-corrected chi connectivity index (χ0v) is 18.9. The largest absolute Gasteiger partial charge is 0.496 e. The minimum absolute atomic E-state index is 0.0149. The van der Waals surface area contributed by atoms with Crippen molar-refractivity contribution in [3.05, 3.63) is 45.4 Å². The molecule has 2 aliphatic heterocycles. The number of carbonyl (C=O) groups is 1. The predicted octanol–water partition coefficient (Wildman–Crippen LogP) is 3.71. The second kappa shape index (κ2) is 9.04. The van der Waals surface area contributed by atoms with Crippen LogP contribution in [0.2, 0.25) is 0 Å². The van der Waals surface area contributed by atoms with Crippen LogP contribution in [0.4, 0.5) is 0 Å². The Bertz CT molecular complexity index is 890. The molecule has 0 bridgehead atoms. The molecule has 4 rings (SSSR count). The Hall–Kier alpha value is -1.96. The highest BCUT2D eigenvalue weighted by atomic mass is 32.1. The van der Waals surface area contributed by atoms with Gasteiger partial charge in [0, 0.05) is 31.6 Å². The fourth-order valence-corrected chi connectivity index (χ4v) is 5.18. The number of carbonyl (C=O) groups excluding carboxylic acids is 1. The summed E-state index contributed by atoms with van der Waals surface area (Å²) in [6.45, 7) is 7.62. The Morgan fingerprint density at radius 3 is 2.80 bits per heavy atom. The first kappa shape index (κ1) is 21.3. The molecule has 2 fully saturated rings. The lowest BCUT2D eigenvalue weighted by atomic mass is 9.88. The molecule has 1 spiro atoms. The number of thiazole rings is 1. The third kappa shape index (κ3) is 4.85. The van der Waals surface area contributed by atoms with Gasteiger partial charge in [-0.3, -0.25) is 9.69 Å². The summed E-state index contributed by atoms with van der Waals surface area (Å²) in [6.07, 6.45) is 4.30. The topological polar surface area (TPSA) is 63.7 Å². The van der Waals surface area contributed by atoms with Crippen LogP contribution in [0.3, 0.4) is 0 Å². The van der Waals surface area contributed by atoms with Gasteiger partial charge in [-0.1, -0.05) is 12.1 Å².